The Bertz CT molecular complexity index is 573. The van der Waals surface area contributed by atoms with Crippen molar-refractivity contribution in [2.75, 3.05) is 0 Å². The minimum absolute atomic E-state index is 0.387. The van der Waals surface area contributed by atoms with Crippen LogP contribution in [-0.2, 0) is 6.18 Å². The summed E-state index contributed by atoms with van der Waals surface area (Å²) in [5.74, 6) is 1.19. The predicted molar refractivity (Wildman–Crippen MR) is 67.1 cm³/mol. The molecule has 0 aliphatic rings. The molecule has 110 valence electrons. The molecule has 0 saturated heterocycles. The van der Waals surface area contributed by atoms with Gasteiger partial charge in [0, 0.05) is 12.2 Å². The summed E-state index contributed by atoms with van der Waals surface area (Å²) in [6, 6.07) is 3.46. The van der Waals surface area contributed by atoms with Crippen LogP contribution in [0.25, 0.3) is 0 Å². The Morgan fingerprint density at radius 1 is 1.35 bits per heavy atom. The number of hydrogen-bond acceptors (Lipinski definition) is 3. The fraction of sp³-hybridized carbons (Fsp3) is 0.462. The van der Waals surface area contributed by atoms with E-state index in [-0.39, 0.29) is 6.04 Å². The van der Waals surface area contributed by atoms with Crippen LogP contribution in [0.4, 0.5) is 13.2 Å². The number of hydrogen-bond donors (Lipinski definition) is 1. The summed E-state index contributed by atoms with van der Waals surface area (Å²) in [6.45, 7) is 3.63. The normalized spacial score (nSPS) is 15.3. The van der Waals surface area contributed by atoms with E-state index in [0.29, 0.717) is 17.9 Å². The van der Waals surface area contributed by atoms with Crippen LogP contribution in [0.2, 0.25) is 0 Å². The van der Waals surface area contributed by atoms with E-state index >= 15 is 0 Å². The lowest BCUT2D eigenvalue weighted by Gasteiger charge is -2.21. The Balaban J connectivity index is 2.39. The van der Waals surface area contributed by atoms with Gasteiger partial charge in [0.1, 0.15) is 17.6 Å². The van der Waals surface area contributed by atoms with Crippen LogP contribution in [0.5, 0.6) is 0 Å². The average molecular weight is 287 g/mol. The van der Waals surface area contributed by atoms with Gasteiger partial charge in [-0.1, -0.05) is 6.92 Å². The Labute approximate surface area is 114 Å². The number of nitrogens with zero attached hydrogens (tertiary/aromatic N) is 2. The fourth-order valence-corrected chi connectivity index (χ4v) is 2.02. The van der Waals surface area contributed by atoms with Crippen molar-refractivity contribution < 1.29 is 17.6 Å². The third-order valence-corrected chi connectivity index (χ3v) is 3.11. The molecule has 0 aliphatic heterocycles. The number of aromatic nitrogens is 2. The van der Waals surface area contributed by atoms with Gasteiger partial charge in [0.2, 0.25) is 0 Å². The highest BCUT2D eigenvalue weighted by Gasteiger charge is 2.35. The molecule has 0 aromatic carbocycles. The molecular formula is C13H16F3N3O. The van der Waals surface area contributed by atoms with Crippen LogP contribution >= 0.6 is 0 Å². The van der Waals surface area contributed by atoms with E-state index < -0.39 is 17.9 Å². The second-order valence-corrected chi connectivity index (χ2v) is 4.64. The second kappa shape index (κ2) is 5.32. The smallest absolute Gasteiger partial charge is 0.435 e. The highest BCUT2D eigenvalue weighted by molar-refractivity contribution is 5.14. The maximum atomic E-state index is 12.6. The van der Waals surface area contributed by atoms with Crippen LogP contribution in [0, 0.1) is 6.92 Å². The topological polar surface area (TPSA) is 57.0 Å². The van der Waals surface area contributed by atoms with E-state index in [1.165, 1.54) is 10.9 Å². The quantitative estimate of drug-likeness (QED) is 0.940. The first kappa shape index (κ1) is 14.6. The van der Waals surface area contributed by atoms with Gasteiger partial charge in [0.15, 0.2) is 5.69 Å². The van der Waals surface area contributed by atoms with Crippen molar-refractivity contribution in [3.8, 4) is 0 Å². The summed E-state index contributed by atoms with van der Waals surface area (Å²) >= 11 is 0. The molecule has 4 nitrogen and oxygen atoms in total. The predicted octanol–water partition coefficient (Wildman–Crippen LogP) is 3.13. The van der Waals surface area contributed by atoms with Crippen LogP contribution in [0.1, 0.15) is 36.6 Å². The fourth-order valence-electron chi connectivity index (χ4n) is 2.02. The Kier molecular flexibility index (Phi) is 3.89. The zero-order valence-corrected chi connectivity index (χ0v) is 11.2. The summed E-state index contributed by atoms with van der Waals surface area (Å²) in [6.07, 6.45) is -2.60. The third-order valence-electron chi connectivity index (χ3n) is 3.11. The molecule has 0 amide bonds. The standard InChI is InChI=1S/C13H16F3N3O/c1-3-9(17)12(10-5-4-8(2)20-10)19-7-6-11(18-19)13(14,15)16/h4-7,9,12H,3,17H2,1-2H3. The van der Waals surface area contributed by atoms with Crippen molar-refractivity contribution >= 4 is 0 Å². The number of furan rings is 1. The van der Waals surface area contributed by atoms with Crippen molar-refractivity contribution in [1.29, 1.82) is 0 Å². The van der Waals surface area contributed by atoms with E-state index in [0.717, 1.165) is 6.07 Å². The van der Waals surface area contributed by atoms with Crippen molar-refractivity contribution in [2.45, 2.75) is 38.5 Å². The molecular weight excluding hydrogens is 271 g/mol. The van der Waals surface area contributed by atoms with Crippen molar-refractivity contribution in [3.63, 3.8) is 0 Å². The number of aryl methyl sites for hydroxylation is 1. The molecule has 2 aromatic heterocycles. The lowest BCUT2D eigenvalue weighted by molar-refractivity contribution is -0.141. The van der Waals surface area contributed by atoms with Gasteiger partial charge in [-0.2, -0.15) is 18.3 Å². The molecule has 0 saturated carbocycles. The SMILES string of the molecule is CCC(N)C(c1ccc(C)o1)n1ccc(C(F)(F)F)n1. The first-order chi connectivity index (χ1) is 9.32. The van der Waals surface area contributed by atoms with Crippen LogP contribution in [0.3, 0.4) is 0 Å². The summed E-state index contributed by atoms with van der Waals surface area (Å²) in [7, 11) is 0. The molecule has 2 rings (SSSR count). The lowest BCUT2D eigenvalue weighted by Crippen LogP contribution is -2.32. The number of rotatable bonds is 4. The Morgan fingerprint density at radius 3 is 2.50 bits per heavy atom. The number of alkyl halides is 3. The van der Waals surface area contributed by atoms with Crippen LogP contribution in [-0.4, -0.2) is 15.8 Å². The molecule has 2 heterocycles. The molecule has 2 atom stereocenters. The maximum absolute atomic E-state index is 12.6. The Morgan fingerprint density at radius 2 is 2.05 bits per heavy atom. The van der Waals surface area contributed by atoms with Gasteiger partial charge in [-0.25, -0.2) is 0 Å². The van der Waals surface area contributed by atoms with Gasteiger partial charge in [0.05, 0.1) is 0 Å². The van der Waals surface area contributed by atoms with Gasteiger partial charge < -0.3 is 10.2 Å². The lowest BCUT2D eigenvalue weighted by atomic mass is 10.0. The minimum Gasteiger partial charge on any atom is -0.464 e. The van der Waals surface area contributed by atoms with Crippen LogP contribution in [0.15, 0.2) is 28.8 Å². The van der Waals surface area contributed by atoms with Gasteiger partial charge in [-0.05, 0) is 31.5 Å². The molecule has 2 unspecified atom stereocenters. The average Bonchev–Trinajstić information content (AvgIpc) is 2.98. The number of halogens is 3. The third kappa shape index (κ3) is 2.87. The summed E-state index contributed by atoms with van der Waals surface area (Å²) in [4.78, 5) is 0. The molecule has 0 aliphatic carbocycles. The first-order valence-electron chi connectivity index (χ1n) is 6.27. The Hall–Kier alpha value is -1.76. The van der Waals surface area contributed by atoms with Crippen molar-refractivity contribution in [3.05, 3.63) is 41.6 Å². The highest BCUT2D eigenvalue weighted by atomic mass is 19.4. The van der Waals surface area contributed by atoms with Crippen LogP contribution < -0.4 is 5.73 Å². The van der Waals surface area contributed by atoms with E-state index in [4.69, 9.17) is 10.2 Å². The minimum atomic E-state index is -4.47. The largest absolute Gasteiger partial charge is 0.464 e. The molecule has 2 aromatic rings. The molecule has 0 spiro atoms. The summed E-state index contributed by atoms with van der Waals surface area (Å²) < 4.78 is 44.6. The zero-order chi connectivity index (χ0) is 14.9. The van der Waals surface area contributed by atoms with Gasteiger partial charge in [-0.3, -0.25) is 4.68 Å². The summed E-state index contributed by atoms with van der Waals surface area (Å²) in [5, 5.41) is 3.59. The van der Waals surface area contributed by atoms with E-state index in [9.17, 15) is 13.2 Å². The van der Waals surface area contributed by atoms with Crippen molar-refractivity contribution in [1.82, 2.24) is 9.78 Å². The maximum Gasteiger partial charge on any atom is 0.435 e. The zero-order valence-electron chi connectivity index (χ0n) is 11.2. The van der Waals surface area contributed by atoms with Gasteiger partial charge in [-0.15, -0.1) is 0 Å². The van der Waals surface area contributed by atoms with Gasteiger partial charge >= 0.3 is 6.18 Å². The van der Waals surface area contributed by atoms with Crippen molar-refractivity contribution in [2.24, 2.45) is 5.73 Å². The molecule has 2 N–H and O–H groups in total. The summed E-state index contributed by atoms with van der Waals surface area (Å²) in [5.41, 5.74) is 5.07. The monoisotopic (exact) mass is 287 g/mol. The van der Waals surface area contributed by atoms with E-state index in [1.54, 1.807) is 19.1 Å². The van der Waals surface area contributed by atoms with Gasteiger partial charge in [0.25, 0.3) is 0 Å². The molecule has 0 fully saturated rings. The molecule has 7 heteroatoms. The second-order valence-electron chi connectivity index (χ2n) is 4.64. The van der Waals surface area contributed by atoms with E-state index in [2.05, 4.69) is 5.10 Å². The molecule has 0 radical (unpaired) electrons. The molecule has 20 heavy (non-hydrogen) atoms. The highest BCUT2D eigenvalue weighted by Crippen LogP contribution is 2.30. The molecule has 0 bridgehead atoms. The van der Waals surface area contributed by atoms with E-state index in [1.807, 2.05) is 6.92 Å². The first-order valence-corrected chi connectivity index (χ1v) is 6.27. The number of nitrogens with two attached hydrogens (primary N) is 1.